The molecule has 2 aromatic rings. The lowest BCUT2D eigenvalue weighted by atomic mass is 10.0. The van der Waals surface area contributed by atoms with E-state index in [9.17, 15) is 4.79 Å². The first-order valence-electron chi connectivity index (χ1n) is 9.24. The third-order valence-corrected chi connectivity index (χ3v) is 5.03. The van der Waals surface area contributed by atoms with E-state index in [1.54, 1.807) is 12.1 Å². The standard InChI is InChI=1S/C23H22N4O/c1-4-18-13-20(6-5-17(18)3)23(28)25-21-7-8-22-19(14-21)10-11-26(22)27-12-9-16(2)15-24-27/h1,5-9,12-15,24H,10-11H2,2-3H3,(H,25,28). The summed E-state index contributed by atoms with van der Waals surface area (Å²) in [6, 6.07) is 11.4. The van der Waals surface area contributed by atoms with Gasteiger partial charge in [-0.05, 0) is 73.4 Å². The number of hydrogen-bond acceptors (Lipinski definition) is 4. The maximum Gasteiger partial charge on any atom is 0.255 e. The van der Waals surface area contributed by atoms with Crippen molar-refractivity contribution in [3.05, 3.63) is 82.7 Å². The quantitative estimate of drug-likeness (QED) is 0.808. The number of allylic oxidation sites excluding steroid dienone is 2. The normalized spacial score (nSPS) is 14.8. The summed E-state index contributed by atoms with van der Waals surface area (Å²) in [7, 11) is 0. The molecule has 2 N–H and O–H groups in total. The van der Waals surface area contributed by atoms with Crippen LogP contribution in [0.25, 0.3) is 0 Å². The number of nitrogens with zero attached hydrogens (tertiary/aromatic N) is 2. The number of rotatable bonds is 3. The van der Waals surface area contributed by atoms with Gasteiger partial charge in [-0.25, -0.2) is 5.12 Å². The van der Waals surface area contributed by atoms with E-state index in [1.807, 2.05) is 55.6 Å². The topological polar surface area (TPSA) is 47.6 Å². The second-order valence-electron chi connectivity index (χ2n) is 7.02. The Morgan fingerprint density at radius 2 is 2.07 bits per heavy atom. The summed E-state index contributed by atoms with van der Waals surface area (Å²) in [5.74, 6) is 2.46. The van der Waals surface area contributed by atoms with Crippen molar-refractivity contribution in [2.24, 2.45) is 0 Å². The largest absolute Gasteiger partial charge is 0.322 e. The number of terminal acetylenes is 1. The predicted octanol–water partition coefficient (Wildman–Crippen LogP) is 3.74. The lowest BCUT2D eigenvalue weighted by molar-refractivity contribution is 0.102. The van der Waals surface area contributed by atoms with Gasteiger partial charge in [-0.2, -0.15) is 0 Å². The van der Waals surface area contributed by atoms with E-state index in [1.165, 1.54) is 11.1 Å². The van der Waals surface area contributed by atoms with Crippen molar-refractivity contribution in [3.63, 3.8) is 0 Å². The summed E-state index contributed by atoms with van der Waals surface area (Å²) in [5, 5.41) is 7.14. The average molecular weight is 370 g/mol. The fraction of sp³-hybridized carbons (Fsp3) is 0.174. The van der Waals surface area contributed by atoms with Gasteiger partial charge in [0.15, 0.2) is 0 Å². The van der Waals surface area contributed by atoms with Crippen LogP contribution in [-0.2, 0) is 6.42 Å². The first-order valence-corrected chi connectivity index (χ1v) is 9.24. The highest BCUT2D eigenvalue weighted by atomic mass is 16.1. The molecule has 28 heavy (non-hydrogen) atoms. The molecule has 2 aromatic carbocycles. The van der Waals surface area contributed by atoms with Crippen molar-refractivity contribution in [1.82, 2.24) is 10.5 Å². The molecule has 2 aliphatic heterocycles. The molecule has 5 nitrogen and oxygen atoms in total. The van der Waals surface area contributed by atoms with Gasteiger partial charge in [0.05, 0.1) is 5.69 Å². The minimum atomic E-state index is -0.160. The Balaban J connectivity index is 1.50. The molecule has 0 radical (unpaired) electrons. The molecule has 0 bridgehead atoms. The van der Waals surface area contributed by atoms with Crippen LogP contribution in [0.1, 0.15) is 34.0 Å². The Hall–Kier alpha value is -3.65. The first-order chi connectivity index (χ1) is 13.5. The van der Waals surface area contributed by atoms with Crippen LogP contribution in [0.3, 0.4) is 0 Å². The lowest BCUT2D eigenvalue weighted by Gasteiger charge is -2.34. The van der Waals surface area contributed by atoms with E-state index in [2.05, 4.69) is 27.7 Å². The molecule has 0 saturated heterocycles. The maximum absolute atomic E-state index is 12.6. The van der Waals surface area contributed by atoms with Crippen LogP contribution in [-0.4, -0.2) is 17.6 Å². The van der Waals surface area contributed by atoms with Crippen LogP contribution in [0.4, 0.5) is 11.4 Å². The fourth-order valence-electron chi connectivity index (χ4n) is 3.41. The van der Waals surface area contributed by atoms with Gasteiger partial charge in [-0.15, -0.1) is 6.42 Å². The second-order valence-corrected chi connectivity index (χ2v) is 7.02. The maximum atomic E-state index is 12.6. The Labute approximate surface area is 165 Å². The molecule has 0 aromatic heterocycles. The second kappa shape index (κ2) is 7.16. The van der Waals surface area contributed by atoms with Crippen molar-refractivity contribution >= 4 is 17.3 Å². The fourth-order valence-corrected chi connectivity index (χ4v) is 3.41. The highest BCUT2D eigenvalue weighted by molar-refractivity contribution is 6.04. The number of hydrogen-bond donors (Lipinski definition) is 2. The molecular weight excluding hydrogens is 348 g/mol. The Morgan fingerprint density at radius 3 is 2.82 bits per heavy atom. The Morgan fingerprint density at radius 1 is 1.21 bits per heavy atom. The zero-order valence-corrected chi connectivity index (χ0v) is 16.0. The summed E-state index contributed by atoms with van der Waals surface area (Å²) < 4.78 is 0. The summed E-state index contributed by atoms with van der Waals surface area (Å²) in [4.78, 5) is 12.6. The van der Waals surface area contributed by atoms with Gasteiger partial charge in [0.2, 0.25) is 0 Å². The van der Waals surface area contributed by atoms with E-state index >= 15 is 0 Å². The number of anilines is 2. The van der Waals surface area contributed by atoms with E-state index in [4.69, 9.17) is 6.42 Å². The Bertz CT molecular complexity index is 1050. The number of hydrazine groups is 2. The number of fused-ring (bicyclic) bond motifs is 1. The lowest BCUT2D eigenvalue weighted by Crippen LogP contribution is -2.45. The molecule has 1 amide bonds. The monoisotopic (exact) mass is 370 g/mol. The molecule has 5 heteroatoms. The van der Waals surface area contributed by atoms with Gasteiger partial charge in [0.1, 0.15) is 0 Å². The molecule has 2 aliphatic rings. The Kier molecular flexibility index (Phi) is 4.54. The molecule has 0 unspecified atom stereocenters. The van der Waals surface area contributed by atoms with Crippen LogP contribution in [0.5, 0.6) is 0 Å². The molecule has 4 rings (SSSR count). The third-order valence-electron chi connectivity index (χ3n) is 5.03. The van der Waals surface area contributed by atoms with Gasteiger partial charge in [0.25, 0.3) is 5.91 Å². The number of benzene rings is 2. The minimum Gasteiger partial charge on any atom is -0.322 e. The van der Waals surface area contributed by atoms with Gasteiger partial charge in [-0.3, -0.25) is 15.2 Å². The van der Waals surface area contributed by atoms with Crippen molar-refractivity contribution in [2.75, 3.05) is 16.9 Å². The van der Waals surface area contributed by atoms with Crippen LogP contribution >= 0.6 is 0 Å². The van der Waals surface area contributed by atoms with Gasteiger partial charge in [0, 0.05) is 35.8 Å². The summed E-state index contributed by atoms with van der Waals surface area (Å²) in [6.45, 7) is 4.86. The highest BCUT2D eigenvalue weighted by Crippen LogP contribution is 2.32. The summed E-state index contributed by atoms with van der Waals surface area (Å²) >= 11 is 0. The zero-order chi connectivity index (χ0) is 19.7. The number of amides is 1. The molecule has 0 saturated carbocycles. The number of nitrogens with one attached hydrogen (secondary N) is 2. The SMILES string of the molecule is C#Cc1cc(C(=O)Nc2ccc3c(c2)CCN3N2C=CC(C)=CN2)ccc1C. The van der Waals surface area contributed by atoms with Crippen LogP contribution in [0.15, 0.2) is 60.4 Å². The number of aryl methyl sites for hydroxylation is 1. The molecule has 0 spiro atoms. The van der Waals surface area contributed by atoms with E-state index in [-0.39, 0.29) is 5.91 Å². The highest BCUT2D eigenvalue weighted by Gasteiger charge is 2.24. The van der Waals surface area contributed by atoms with Crippen molar-refractivity contribution in [3.8, 4) is 12.3 Å². The van der Waals surface area contributed by atoms with E-state index in [0.717, 1.165) is 35.5 Å². The average Bonchev–Trinajstić information content (AvgIpc) is 3.12. The zero-order valence-electron chi connectivity index (χ0n) is 16.0. The van der Waals surface area contributed by atoms with Crippen LogP contribution < -0.4 is 15.8 Å². The van der Waals surface area contributed by atoms with Gasteiger partial charge in [-0.1, -0.05) is 12.0 Å². The number of carbonyl (C=O) groups is 1. The van der Waals surface area contributed by atoms with Crippen molar-refractivity contribution in [1.29, 1.82) is 0 Å². The van der Waals surface area contributed by atoms with Crippen molar-refractivity contribution in [2.45, 2.75) is 20.3 Å². The predicted molar refractivity (Wildman–Crippen MR) is 112 cm³/mol. The minimum absolute atomic E-state index is 0.160. The first kappa shape index (κ1) is 17.7. The molecular formula is C23H22N4O. The van der Waals surface area contributed by atoms with E-state index in [0.29, 0.717) is 5.56 Å². The number of carbonyl (C=O) groups excluding carboxylic acids is 1. The van der Waals surface area contributed by atoms with Crippen LogP contribution in [0.2, 0.25) is 0 Å². The third kappa shape index (κ3) is 3.33. The van der Waals surface area contributed by atoms with Crippen molar-refractivity contribution < 1.29 is 4.79 Å². The molecule has 2 heterocycles. The molecule has 0 aliphatic carbocycles. The van der Waals surface area contributed by atoms with Gasteiger partial charge < -0.3 is 5.32 Å². The smallest absolute Gasteiger partial charge is 0.255 e. The molecule has 0 atom stereocenters. The van der Waals surface area contributed by atoms with E-state index < -0.39 is 0 Å². The molecule has 140 valence electrons. The summed E-state index contributed by atoms with van der Waals surface area (Å²) in [6.07, 6.45) is 12.5. The summed E-state index contributed by atoms with van der Waals surface area (Å²) in [5.41, 5.74) is 9.84. The van der Waals surface area contributed by atoms with Crippen LogP contribution in [0, 0.1) is 19.3 Å². The molecule has 0 fully saturated rings. The van der Waals surface area contributed by atoms with Gasteiger partial charge >= 0.3 is 0 Å².